The summed E-state index contributed by atoms with van der Waals surface area (Å²) >= 11 is 0. The molecule has 0 aromatic rings. The van der Waals surface area contributed by atoms with E-state index in [0.29, 0.717) is 37.1 Å². The smallest absolute Gasteiger partial charge is 0.152 e. The molecule has 1 unspecified atom stereocenters. The summed E-state index contributed by atoms with van der Waals surface area (Å²) < 4.78 is 22.3. The van der Waals surface area contributed by atoms with Gasteiger partial charge in [0.2, 0.25) is 0 Å². The highest BCUT2D eigenvalue weighted by atomic mass is 32.2. The van der Waals surface area contributed by atoms with Crippen molar-refractivity contribution >= 4 is 9.84 Å². The Morgan fingerprint density at radius 1 is 1.36 bits per heavy atom. The summed E-state index contributed by atoms with van der Waals surface area (Å²) in [4.78, 5) is 2.21. The van der Waals surface area contributed by atoms with E-state index < -0.39 is 9.84 Å². The second kappa shape index (κ2) is 5.09. The average molecular weight is 220 g/mol. The van der Waals surface area contributed by atoms with Gasteiger partial charge in [-0.25, -0.2) is 8.42 Å². The Morgan fingerprint density at radius 2 is 1.93 bits per heavy atom. The Kier molecular flexibility index (Phi) is 4.34. The van der Waals surface area contributed by atoms with Gasteiger partial charge < -0.3 is 10.6 Å². The van der Waals surface area contributed by atoms with Crippen LogP contribution in [0.1, 0.15) is 13.3 Å². The highest BCUT2D eigenvalue weighted by Gasteiger charge is 2.22. The van der Waals surface area contributed by atoms with Crippen LogP contribution in [0, 0.1) is 5.92 Å². The van der Waals surface area contributed by atoms with Gasteiger partial charge in [-0.1, -0.05) is 13.3 Å². The predicted octanol–water partition coefficient (Wildman–Crippen LogP) is -0.298. The third-order valence-corrected chi connectivity index (χ3v) is 4.47. The lowest BCUT2D eigenvalue weighted by atomic mass is 10.1. The SMILES string of the molecule is CCC(CN)CN1CCS(=O)(=O)CC1. The van der Waals surface area contributed by atoms with Crippen LogP contribution in [0.3, 0.4) is 0 Å². The van der Waals surface area contributed by atoms with E-state index in [-0.39, 0.29) is 0 Å². The summed E-state index contributed by atoms with van der Waals surface area (Å²) in [5, 5.41) is 0. The van der Waals surface area contributed by atoms with Crippen molar-refractivity contribution in [2.45, 2.75) is 13.3 Å². The third kappa shape index (κ3) is 3.55. The summed E-state index contributed by atoms with van der Waals surface area (Å²) in [7, 11) is -2.74. The Hall–Kier alpha value is -0.130. The molecule has 0 saturated carbocycles. The normalized spacial score (nSPS) is 24.7. The van der Waals surface area contributed by atoms with Crippen LogP contribution in [0.15, 0.2) is 0 Å². The zero-order chi connectivity index (χ0) is 10.6. The Bertz CT molecular complexity index is 246. The molecule has 0 aliphatic carbocycles. The first-order valence-electron chi connectivity index (χ1n) is 5.20. The third-order valence-electron chi connectivity index (χ3n) is 2.86. The number of rotatable bonds is 4. The monoisotopic (exact) mass is 220 g/mol. The lowest BCUT2D eigenvalue weighted by Gasteiger charge is -2.29. The van der Waals surface area contributed by atoms with Gasteiger partial charge in [-0.05, 0) is 12.5 Å². The van der Waals surface area contributed by atoms with Crippen molar-refractivity contribution in [3.63, 3.8) is 0 Å². The van der Waals surface area contributed by atoms with E-state index >= 15 is 0 Å². The van der Waals surface area contributed by atoms with Gasteiger partial charge >= 0.3 is 0 Å². The molecule has 1 fully saturated rings. The second-order valence-electron chi connectivity index (χ2n) is 3.96. The standard InChI is InChI=1S/C9H20N2O2S/c1-2-9(7-10)8-11-3-5-14(12,13)6-4-11/h9H,2-8,10H2,1H3. The number of nitrogens with zero attached hydrogens (tertiary/aromatic N) is 1. The van der Waals surface area contributed by atoms with Gasteiger partial charge in [-0.15, -0.1) is 0 Å². The van der Waals surface area contributed by atoms with Gasteiger partial charge in [-0.3, -0.25) is 0 Å². The van der Waals surface area contributed by atoms with Crippen molar-refractivity contribution in [1.29, 1.82) is 0 Å². The van der Waals surface area contributed by atoms with Crippen LogP contribution in [-0.2, 0) is 9.84 Å². The summed E-state index contributed by atoms with van der Waals surface area (Å²) in [6.07, 6.45) is 1.07. The van der Waals surface area contributed by atoms with Gasteiger partial charge in [0.1, 0.15) is 0 Å². The van der Waals surface area contributed by atoms with Gasteiger partial charge in [0.25, 0.3) is 0 Å². The molecule has 2 N–H and O–H groups in total. The molecule has 0 spiro atoms. The largest absolute Gasteiger partial charge is 0.330 e. The Morgan fingerprint density at radius 3 is 2.36 bits per heavy atom. The highest BCUT2D eigenvalue weighted by molar-refractivity contribution is 7.91. The molecule has 5 heteroatoms. The molecule has 0 amide bonds. The highest BCUT2D eigenvalue weighted by Crippen LogP contribution is 2.08. The molecule has 0 bridgehead atoms. The molecule has 1 rings (SSSR count). The number of hydrogen-bond acceptors (Lipinski definition) is 4. The van der Waals surface area contributed by atoms with E-state index in [4.69, 9.17) is 5.73 Å². The second-order valence-corrected chi connectivity index (χ2v) is 6.27. The lowest BCUT2D eigenvalue weighted by Crippen LogP contribution is -2.43. The van der Waals surface area contributed by atoms with E-state index in [0.717, 1.165) is 13.0 Å². The summed E-state index contributed by atoms with van der Waals surface area (Å²) in [5.41, 5.74) is 5.61. The van der Waals surface area contributed by atoms with E-state index in [1.54, 1.807) is 0 Å². The summed E-state index contributed by atoms with van der Waals surface area (Å²) in [5.74, 6) is 1.14. The molecule has 1 aliphatic heterocycles. The van der Waals surface area contributed by atoms with Crippen LogP contribution in [-0.4, -0.2) is 51.0 Å². The van der Waals surface area contributed by atoms with Crippen LogP contribution in [0.5, 0.6) is 0 Å². The first-order valence-corrected chi connectivity index (χ1v) is 7.02. The van der Waals surface area contributed by atoms with Crippen molar-refractivity contribution < 1.29 is 8.42 Å². The van der Waals surface area contributed by atoms with Crippen molar-refractivity contribution in [3.05, 3.63) is 0 Å². The van der Waals surface area contributed by atoms with Crippen LogP contribution < -0.4 is 5.73 Å². The van der Waals surface area contributed by atoms with E-state index in [1.165, 1.54) is 0 Å². The van der Waals surface area contributed by atoms with Crippen molar-refractivity contribution in [2.24, 2.45) is 11.7 Å². The quantitative estimate of drug-likeness (QED) is 0.706. The molecule has 1 heterocycles. The maximum atomic E-state index is 11.2. The first kappa shape index (κ1) is 11.9. The van der Waals surface area contributed by atoms with Gasteiger partial charge in [0, 0.05) is 19.6 Å². The molecule has 0 radical (unpaired) electrons. The fraction of sp³-hybridized carbons (Fsp3) is 1.00. The summed E-state index contributed by atoms with van der Waals surface area (Å²) in [6, 6.07) is 0. The molecule has 0 aromatic heterocycles. The summed E-state index contributed by atoms with van der Waals surface area (Å²) in [6.45, 7) is 5.12. The van der Waals surface area contributed by atoms with Crippen molar-refractivity contribution in [2.75, 3.05) is 37.7 Å². The van der Waals surface area contributed by atoms with Crippen LogP contribution >= 0.6 is 0 Å². The average Bonchev–Trinajstić information content (AvgIpc) is 2.16. The van der Waals surface area contributed by atoms with Gasteiger partial charge in [0.15, 0.2) is 9.84 Å². The zero-order valence-corrected chi connectivity index (χ0v) is 9.59. The molecule has 0 aromatic carbocycles. The molecule has 14 heavy (non-hydrogen) atoms. The van der Waals surface area contributed by atoms with Gasteiger partial charge in [0.05, 0.1) is 11.5 Å². The first-order chi connectivity index (χ1) is 6.57. The number of hydrogen-bond donors (Lipinski definition) is 1. The molecule has 84 valence electrons. The van der Waals surface area contributed by atoms with Crippen molar-refractivity contribution in [3.8, 4) is 0 Å². The minimum Gasteiger partial charge on any atom is -0.330 e. The van der Waals surface area contributed by atoms with E-state index in [2.05, 4.69) is 11.8 Å². The van der Waals surface area contributed by atoms with Crippen LogP contribution in [0.2, 0.25) is 0 Å². The zero-order valence-electron chi connectivity index (χ0n) is 8.78. The minimum absolute atomic E-state index is 0.313. The van der Waals surface area contributed by atoms with Crippen molar-refractivity contribution in [1.82, 2.24) is 4.90 Å². The molecule has 1 aliphatic rings. The number of sulfone groups is 1. The predicted molar refractivity (Wildman–Crippen MR) is 57.9 cm³/mol. The fourth-order valence-corrected chi connectivity index (χ4v) is 2.95. The topological polar surface area (TPSA) is 63.4 Å². The molecular formula is C9H20N2O2S. The Balaban J connectivity index is 2.35. The lowest BCUT2D eigenvalue weighted by molar-refractivity contribution is 0.246. The van der Waals surface area contributed by atoms with E-state index in [1.807, 2.05) is 0 Å². The van der Waals surface area contributed by atoms with Gasteiger partial charge in [-0.2, -0.15) is 0 Å². The maximum absolute atomic E-state index is 11.2. The molecule has 1 atom stereocenters. The van der Waals surface area contributed by atoms with E-state index in [9.17, 15) is 8.42 Å². The molecule has 1 saturated heterocycles. The molecule has 4 nitrogen and oxygen atoms in total. The minimum atomic E-state index is -2.74. The Labute approximate surface area is 86.4 Å². The number of nitrogens with two attached hydrogens (primary N) is 1. The maximum Gasteiger partial charge on any atom is 0.152 e. The fourth-order valence-electron chi connectivity index (χ4n) is 1.67. The van der Waals surface area contributed by atoms with Crippen LogP contribution in [0.4, 0.5) is 0 Å². The molecular weight excluding hydrogens is 200 g/mol. The van der Waals surface area contributed by atoms with Crippen LogP contribution in [0.25, 0.3) is 0 Å².